The minimum absolute atomic E-state index is 0.103. The first-order chi connectivity index (χ1) is 15.6. The summed E-state index contributed by atoms with van der Waals surface area (Å²) in [7, 11) is 0. The van der Waals surface area contributed by atoms with E-state index in [-0.39, 0.29) is 27.7 Å². The topological polar surface area (TPSA) is 117 Å². The van der Waals surface area contributed by atoms with Gasteiger partial charge >= 0.3 is 0 Å². The van der Waals surface area contributed by atoms with E-state index in [1.807, 2.05) is 36.4 Å². The number of hydrogen-bond donors (Lipinski definition) is 2. The number of piperidine rings is 1. The van der Waals surface area contributed by atoms with E-state index >= 15 is 0 Å². The van der Waals surface area contributed by atoms with Crippen LogP contribution in [0, 0.1) is 5.92 Å². The molecule has 1 fully saturated rings. The summed E-state index contributed by atoms with van der Waals surface area (Å²) in [6.45, 7) is 1.19. The number of rotatable bonds is 6. The van der Waals surface area contributed by atoms with Crippen molar-refractivity contribution in [3.8, 4) is 0 Å². The number of anilines is 1. The van der Waals surface area contributed by atoms with E-state index < -0.39 is 5.91 Å². The highest BCUT2D eigenvalue weighted by atomic mass is 32.1. The zero-order valence-corrected chi connectivity index (χ0v) is 18.0. The molecule has 32 heavy (non-hydrogen) atoms. The fourth-order valence-corrected chi connectivity index (χ4v) is 4.15. The van der Waals surface area contributed by atoms with Gasteiger partial charge in [0.15, 0.2) is 0 Å². The summed E-state index contributed by atoms with van der Waals surface area (Å²) in [4.78, 5) is 43.7. The summed E-state index contributed by atoms with van der Waals surface area (Å²) in [5, 5.41) is 13.6. The molecule has 2 N–H and O–H groups in total. The number of likely N-dealkylation sites (tertiary alicyclic amines) is 1. The number of carbonyl (C=O) groups excluding carboxylic acids is 3. The van der Waals surface area contributed by atoms with Crippen LogP contribution in [0.4, 0.5) is 5.69 Å². The molecule has 3 amide bonds. The van der Waals surface area contributed by atoms with Crippen LogP contribution in [0.15, 0.2) is 54.7 Å². The molecule has 1 aliphatic rings. The lowest BCUT2D eigenvalue weighted by Gasteiger charge is -2.31. The summed E-state index contributed by atoms with van der Waals surface area (Å²) >= 11 is 0.945. The molecule has 3 aromatic rings. The maximum Gasteiger partial charge on any atom is 0.286 e. The molecule has 2 aromatic heterocycles. The van der Waals surface area contributed by atoms with E-state index in [0.717, 1.165) is 17.0 Å². The van der Waals surface area contributed by atoms with E-state index in [9.17, 15) is 14.4 Å². The molecule has 1 saturated heterocycles. The van der Waals surface area contributed by atoms with Crippen molar-refractivity contribution in [2.75, 3.05) is 18.4 Å². The van der Waals surface area contributed by atoms with E-state index in [0.29, 0.717) is 38.2 Å². The molecule has 0 bridgehead atoms. The third-order valence-corrected chi connectivity index (χ3v) is 5.99. The van der Waals surface area contributed by atoms with Gasteiger partial charge in [-0.3, -0.25) is 19.4 Å². The molecular formula is C22H22N6O3S. The van der Waals surface area contributed by atoms with E-state index in [1.165, 1.54) is 0 Å². The number of nitrogens with zero attached hydrogens (tertiary/aromatic N) is 4. The fourth-order valence-electron chi connectivity index (χ4n) is 3.44. The van der Waals surface area contributed by atoms with Crippen LogP contribution < -0.4 is 10.6 Å². The van der Waals surface area contributed by atoms with Crippen molar-refractivity contribution in [3.63, 3.8) is 0 Å². The van der Waals surface area contributed by atoms with Crippen LogP contribution in [0.2, 0.25) is 0 Å². The lowest BCUT2D eigenvalue weighted by Crippen LogP contribution is -2.45. The fraction of sp³-hybridized carbons (Fsp3) is 0.273. The first-order valence-electron chi connectivity index (χ1n) is 10.3. The zero-order valence-electron chi connectivity index (χ0n) is 17.2. The molecule has 0 aliphatic carbocycles. The van der Waals surface area contributed by atoms with Gasteiger partial charge in [0, 0.05) is 25.0 Å². The maximum atomic E-state index is 12.9. The number of carbonyl (C=O) groups is 3. The molecule has 1 aliphatic heterocycles. The van der Waals surface area contributed by atoms with Gasteiger partial charge in [0.2, 0.25) is 15.9 Å². The quantitative estimate of drug-likeness (QED) is 0.595. The molecule has 0 radical (unpaired) electrons. The van der Waals surface area contributed by atoms with E-state index in [4.69, 9.17) is 0 Å². The largest absolute Gasteiger partial charge is 0.350 e. The predicted octanol–water partition coefficient (Wildman–Crippen LogP) is 2.35. The Morgan fingerprint density at radius 2 is 1.81 bits per heavy atom. The van der Waals surface area contributed by atoms with Crippen molar-refractivity contribution < 1.29 is 14.4 Å². The monoisotopic (exact) mass is 450 g/mol. The van der Waals surface area contributed by atoms with Crippen molar-refractivity contribution in [2.24, 2.45) is 5.92 Å². The predicted molar refractivity (Wildman–Crippen MR) is 119 cm³/mol. The standard InChI is InChI=1S/C22H22N6O3S/c29-18(24-13-17-10-4-5-11-23-17)15-7-6-12-28(14-15)22(31)21-27-26-20(32-21)19(30)25-16-8-2-1-3-9-16/h1-5,8-11,15H,6-7,12-14H2,(H,24,29)(H,25,30)/t15-/m1/s1. The van der Waals surface area contributed by atoms with Gasteiger partial charge in [0.25, 0.3) is 11.8 Å². The Morgan fingerprint density at radius 1 is 1.03 bits per heavy atom. The Labute approximate surface area is 188 Å². The number of hydrogen-bond acceptors (Lipinski definition) is 7. The molecule has 0 saturated carbocycles. The zero-order chi connectivity index (χ0) is 22.3. The van der Waals surface area contributed by atoms with Gasteiger partial charge in [-0.15, -0.1) is 10.2 Å². The normalized spacial score (nSPS) is 15.8. The third-order valence-electron chi connectivity index (χ3n) is 5.08. The average molecular weight is 451 g/mol. The number of amides is 3. The lowest BCUT2D eigenvalue weighted by molar-refractivity contribution is -0.126. The molecule has 1 aromatic carbocycles. The minimum Gasteiger partial charge on any atom is -0.350 e. The van der Waals surface area contributed by atoms with Crippen molar-refractivity contribution in [1.82, 2.24) is 25.4 Å². The Bertz CT molecular complexity index is 1090. The van der Waals surface area contributed by atoms with E-state index in [2.05, 4.69) is 25.8 Å². The number of aromatic nitrogens is 3. The molecule has 9 nitrogen and oxygen atoms in total. The van der Waals surface area contributed by atoms with Crippen LogP contribution in [0.1, 0.15) is 38.1 Å². The van der Waals surface area contributed by atoms with Gasteiger partial charge in [0.05, 0.1) is 18.2 Å². The van der Waals surface area contributed by atoms with Crippen LogP contribution >= 0.6 is 11.3 Å². The second-order valence-corrected chi connectivity index (χ2v) is 8.34. The Hall–Kier alpha value is -3.66. The summed E-state index contributed by atoms with van der Waals surface area (Å²) in [5.41, 5.74) is 1.41. The van der Waals surface area contributed by atoms with Crippen molar-refractivity contribution >= 4 is 34.7 Å². The molecule has 164 valence electrons. The van der Waals surface area contributed by atoms with Gasteiger partial charge < -0.3 is 15.5 Å². The third kappa shape index (κ3) is 5.33. The number of nitrogens with one attached hydrogen (secondary N) is 2. The number of para-hydroxylation sites is 1. The van der Waals surface area contributed by atoms with Crippen LogP contribution in [0.25, 0.3) is 0 Å². The van der Waals surface area contributed by atoms with Crippen molar-refractivity contribution in [1.29, 1.82) is 0 Å². The van der Waals surface area contributed by atoms with Crippen molar-refractivity contribution in [2.45, 2.75) is 19.4 Å². The lowest BCUT2D eigenvalue weighted by atomic mass is 9.97. The van der Waals surface area contributed by atoms with Crippen molar-refractivity contribution in [3.05, 3.63) is 70.4 Å². The Kier molecular flexibility index (Phi) is 6.81. The van der Waals surface area contributed by atoms with Crippen LogP contribution in [-0.2, 0) is 11.3 Å². The minimum atomic E-state index is -0.418. The summed E-state index contributed by atoms with van der Waals surface area (Å²) in [6, 6.07) is 14.5. The smallest absolute Gasteiger partial charge is 0.286 e. The van der Waals surface area contributed by atoms with Gasteiger partial charge in [-0.05, 0) is 37.1 Å². The van der Waals surface area contributed by atoms with Gasteiger partial charge in [-0.25, -0.2) is 0 Å². The molecule has 3 heterocycles. The molecular weight excluding hydrogens is 428 g/mol. The summed E-state index contributed by atoms with van der Waals surface area (Å²) in [6.07, 6.45) is 3.10. The molecule has 0 unspecified atom stereocenters. The highest BCUT2D eigenvalue weighted by molar-refractivity contribution is 7.15. The molecule has 4 rings (SSSR count). The first kappa shape index (κ1) is 21.6. The Balaban J connectivity index is 1.34. The van der Waals surface area contributed by atoms with Gasteiger partial charge in [-0.1, -0.05) is 35.6 Å². The number of benzene rings is 1. The molecule has 1 atom stereocenters. The molecule has 0 spiro atoms. The van der Waals surface area contributed by atoms with E-state index in [1.54, 1.807) is 23.2 Å². The average Bonchev–Trinajstić information content (AvgIpc) is 3.34. The van der Waals surface area contributed by atoms with Gasteiger partial charge in [-0.2, -0.15) is 0 Å². The first-order valence-corrected chi connectivity index (χ1v) is 11.1. The van der Waals surface area contributed by atoms with Crippen LogP contribution in [-0.4, -0.2) is 50.9 Å². The van der Waals surface area contributed by atoms with Crippen LogP contribution in [0.3, 0.4) is 0 Å². The number of pyridine rings is 1. The molecule has 10 heteroatoms. The summed E-state index contributed by atoms with van der Waals surface area (Å²) < 4.78 is 0. The van der Waals surface area contributed by atoms with Crippen LogP contribution in [0.5, 0.6) is 0 Å². The second kappa shape index (κ2) is 10.1. The second-order valence-electron chi connectivity index (χ2n) is 7.36. The van der Waals surface area contributed by atoms with Gasteiger partial charge in [0.1, 0.15) is 0 Å². The summed E-state index contributed by atoms with van der Waals surface area (Å²) in [5.74, 6) is -1.14. The highest BCUT2D eigenvalue weighted by Gasteiger charge is 2.30. The SMILES string of the molecule is O=C(Nc1ccccc1)c1nnc(C(=O)N2CCC[C@@H](C(=O)NCc3ccccn3)C2)s1. The highest BCUT2D eigenvalue weighted by Crippen LogP contribution is 2.21. The maximum absolute atomic E-state index is 12.9. The Morgan fingerprint density at radius 3 is 2.59 bits per heavy atom.